The van der Waals surface area contributed by atoms with Crippen LogP contribution in [0.1, 0.15) is 27.6 Å². The molecule has 0 saturated carbocycles. The molecule has 122 valence electrons. The third-order valence-electron chi connectivity index (χ3n) is 3.31. The average molecular weight is 393 g/mol. The van der Waals surface area contributed by atoms with Gasteiger partial charge in [0.1, 0.15) is 22.3 Å². The fourth-order valence-electron chi connectivity index (χ4n) is 2.11. The molecule has 0 atom stereocenters. The summed E-state index contributed by atoms with van der Waals surface area (Å²) in [5.74, 6) is -1.97. The van der Waals surface area contributed by atoms with E-state index in [4.69, 9.17) is 8.83 Å². The van der Waals surface area contributed by atoms with Crippen molar-refractivity contribution in [3.8, 4) is 5.75 Å². The first kappa shape index (κ1) is 16.2. The Morgan fingerprint density at radius 1 is 1.17 bits per heavy atom. The first-order valence-electron chi connectivity index (χ1n) is 6.84. The minimum atomic E-state index is -0.786. The maximum Gasteiger partial charge on any atom is 0.267 e. The molecule has 2 aromatic heterocycles. The van der Waals surface area contributed by atoms with Crippen molar-refractivity contribution < 1.29 is 23.1 Å². The topological polar surface area (TPSA) is 80.7 Å². The lowest BCUT2D eigenvalue weighted by Gasteiger charge is -2.01. The van der Waals surface area contributed by atoms with Crippen molar-refractivity contribution in [2.75, 3.05) is 0 Å². The second-order valence-electron chi connectivity index (χ2n) is 4.99. The summed E-state index contributed by atoms with van der Waals surface area (Å²) in [7, 11) is 0. The Morgan fingerprint density at radius 2 is 1.88 bits per heavy atom. The zero-order valence-electron chi connectivity index (χ0n) is 12.1. The van der Waals surface area contributed by atoms with Gasteiger partial charge in [-0.2, -0.15) is 0 Å². The van der Waals surface area contributed by atoms with E-state index in [0.717, 1.165) is 11.8 Å². The van der Waals surface area contributed by atoms with Crippen molar-refractivity contribution >= 4 is 21.7 Å². The molecule has 0 saturated heterocycles. The van der Waals surface area contributed by atoms with Gasteiger partial charge in [-0.15, -0.1) is 0 Å². The highest BCUT2D eigenvalue weighted by atomic mass is 79.9. The summed E-state index contributed by atoms with van der Waals surface area (Å²) in [6, 6.07) is 8.89. The van der Waals surface area contributed by atoms with E-state index in [0.29, 0.717) is 12.2 Å². The lowest BCUT2D eigenvalue weighted by atomic mass is 10.1. The monoisotopic (exact) mass is 392 g/mol. The van der Waals surface area contributed by atoms with Gasteiger partial charge in [0, 0.05) is 6.42 Å². The van der Waals surface area contributed by atoms with Gasteiger partial charge in [0.15, 0.2) is 5.76 Å². The molecule has 3 rings (SSSR count). The van der Waals surface area contributed by atoms with Gasteiger partial charge in [0.05, 0.1) is 0 Å². The standard InChI is InChI=1S/C17H10BrFO5/c18-12-8-23-17(16(22)14(12)20)15(21)13-6-5-11(24-13)7-9-1-3-10(19)4-2-9/h1-6,8,22H,7H2. The van der Waals surface area contributed by atoms with Crippen LogP contribution in [0.5, 0.6) is 5.75 Å². The quantitative estimate of drug-likeness (QED) is 0.685. The largest absolute Gasteiger partial charge is 0.501 e. The number of rotatable bonds is 4. The van der Waals surface area contributed by atoms with Crippen LogP contribution in [-0.4, -0.2) is 10.9 Å². The molecule has 7 heteroatoms. The van der Waals surface area contributed by atoms with Gasteiger partial charge in [-0.3, -0.25) is 9.59 Å². The summed E-state index contributed by atoms with van der Waals surface area (Å²) >= 11 is 2.90. The van der Waals surface area contributed by atoms with E-state index in [1.807, 2.05) is 0 Å². The lowest BCUT2D eigenvalue weighted by Crippen LogP contribution is -2.09. The minimum absolute atomic E-state index is 0.00740. The third kappa shape index (κ3) is 3.16. The van der Waals surface area contributed by atoms with Crippen molar-refractivity contribution in [1.29, 1.82) is 0 Å². The fourth-order valence-corrected chi connectivity index (χ4v) is 2.39. The number of carbonyl (C=O) groups is 1. The molecule has 0 bridgehead atoms. The highest BCUT2D eigenvalue weighted by Crippen LogP contribution is 2.22. The average Bonchev–Trinajstić information content (AvgIpc) is 3.03. The predicted molar refractivity (Wildman–Crippen MR) is 85.7 cm³/mol. The van der Waals surface area contributed by atoms with Gasteiger partial charge < -0.3 is 13.9 Å². The van der Waals surface area contributed by atoms with Crippen molar-refractivity contribution in [2.45, 2.75) is 6.42 Å². The molecule has 3 aromatic rings. The van der Waals surface area contributed by atoms with Crippen LogP contribution in [-0.2, 0) is 6.42 Å². The maximum atomic E-state index is 12.9. The normalized spacial score (nSPS) is 10.8. The molecule has 0 spiro atoms. The lowest BCUT2D eigenvalue weighted by molar-refractivity contribution is 0.0974. The number of furan rings is 1. The first-order chi connectivity index (χ1) is 11.5. The number of aromatic hydroxyl groups is 1. The van der Waals surface area contributed by atoms with Crippen LogP contribution >= 0.6 is 15.9 Å². The Kier molecular flexibility index (Phi) is 4.35. The van der Waals surface area contributed by atoms with E-state index < -0.39 is 22.7 Å². The van der Waals surface area contributed by atoms with Gasteiger partial charge in [-0.05, 0) is 45.8 Å². The molecule has 5 nitrogen and oxygen atoms in total. The molecule has 24 heavy (non-hydrogen) atoms. The highest BCUT2D eigenvalue weighted by Gasteiger charge is 2.23. The zero-order valence-corrected chi connectivity index (χ0v) is 13.7. The van der Waals surface area contributed by atoms with Crippen LogP contribution in [0, 0.1) is 5.82 Å². The van der Waals surface area contributed by atoms with E-state index >= 15 is 0 Å². The Labute approximate surface area is 143 Å². The van der Waals surface area contributed by atoms with E-state index in [1.54, 1.807) is 18.2 Å². The van der Waals surface area contributed by atoms with Gasteiger partial charge in [-0.1, -0.05) is 12.1 Å². The molecule has 0 fully saturated rings. The molecule has 0 aliphatic rings. The first-order valence-corrected chi connectivity index (χ1v) is 7.63. The van der Waals surface area contributed by atoms with Crippen molar-refractivity contribution in [3.05, 3.63) is 86.0 Å². The van der Waals surface area contributed by atoms with Crippen LogP contribution in [0.4, 0.5) is 4.39 Å². The van der Waals surface area contributed by atoms with E-state index in [2.05, 4.69) is 15.9 Å². The molecule has 1 N–H and O–H groups in total. The number of ketones is 1. The third-order valence-corrected chi connectivity index (χ3v) is 3.86. The van der Waals surface area contributed by atoms with Gasteiger partial charge in [-0.25, -0.2) is 4.39 Å². The molecule has 0 unspecified atom stereocenters. The molecule has 0 aliphatic heterocycles. The smallest absolute Gasteiger partial charge is 0.267 e. The van der Waals surface area contributed by atoms with Gasteiger partial charge in [0.2, 0.25) is 16.9 Å². The Bertz CT molecular complexity index is 956. The predicted octanol–water partition coefficient (Wildman–Crippen LogP) is 3.66. The molecule has 2 heterocycles. The van der Waals surface area contributed by atoms with E-state index in [9.17, 15) is 19.1 Å². The van der Waals surface area contributed by atoms with Gasteiger partial charge >= 0.3 is 0 Å². The summed E-state index contributed by atoms with van der Waals surface area (Å²) in [5.41, 5.74) is 0.0606. The summed E-state index contributed by atoms with van der Waals surface area (Å²) in [6.45, 7) is 0. The molecular weight excluding hydrogens is 383 g/mol. The number of hydrogen-bond donors (Lipinski definition) is 1. The number of hydrogen-bond acceptors (Lipinski definition) is 5. The summed E-state index contributed by atoms with van der Waals surface area (Å²) in [4.78, 5) is 23.9. The van der Waals surface area contributed by atoms with Crippen LogP contribution in [0.25, 0.3) is 0 Å². The fraction of sp³-hybridized carbons (Fsp3) is 0.0588. The molecular formula is C17H10BrFO5. The highest BCUT2D eigenvalue weighted by molar-refractivity contribution is 9.10. The van der Waals surface area contributed by atoms with Gasteiger partial charge in [0.25, 0.3) is 5.78 Å². The zero-order chi connectivity index (χ0) is 17.3. The second-order valence-corrected chi connectivity index (χ2v) is 5.84. The Morgan fingerprint density at radius 3 is 2.58 bits per heavy atom. The number of halogens is 2. The maximum absolute atomic E-state index is 12.9. The summed E-state index contributed by atoms with van der Waals surface area (Å²) in [5, 5.41) is 9.74. The molecule has 0 amide bonds. The molecule has 1 aromatic carbocycles. The molecule has 0 aliphatic carbocycles. The van der Waals surface area contributed by atoms with Crippen LogP contribution < -0.4 is 5.43 Å². The Balaban J connectivity index is 1.85. The van der Waals surface area contributed by atoms with Crippen molar-refractivity contribution in [3.63, 3.8) is 0 Å². The van der Waals surface area contributed by atoms with E-state index in [1.165, 1.54) is 18.2 Å². The Hall–Kier alpha value is -2.67. The molecule has 0 radical (unpaired) electrons. The number of benzene rings is 1. The minimum Gasteiger partial charge on any atom is -0.501 e. The number of carbonyl (C=O) groups excluding carboxylic acids is 1. The second kappa shape index (κ2) is 6.45. The van der Waals surface area contributed by atoms with Crippen molar-refractivity contribution in [2.24, 2.45) is 0 Å². The van der Waals surface area contributed by atoms with Crippen LogP contribution in [0.3, 0.4) is 0 Å². The SMILES string of the molecule is O=C(c1ccc(Cc2ccc(F)cc2)o1)c1occ(Br)c(=O)c1O. The summed E-state index contributed by atoms with van der Waals surface area (Å²) in [6.07, 6.45) is 1.39. The van der Waals surface area contributed by atoms with Crippen LogP contribution in [0.15, 0.2) is 60.8 Å². The van der Waals surface area contributed by atoms with Crippen molar-refractivity contribution in [1.82, 2.24) is 0 Å². The summed E-state index contributed by atoms with van der Waals surface area (Å²) < 4.78 is 23.3. The van der Waals surface area contributed by atoms with Crippen LogP contribution in [0.2, 0.25) is 0 Å². The van der Waals surface area contributed by atoms with E-state index in [-0.39, 0.29) is 16.1 Å².